The van der Waals surface area contributed by atoms with E-state index in [1.807, 2.05) is 0 Å². The van der Waals surface area contributed by atoms with E-state index in [-0.39, 0.29) is 0 Å². The first-order valence-corrected chi connectivity index (χ1v) is 8.14. The molecule has 3 rings (SSSR count). The van der Waals surface area contributed by atoms with Crippen molar-refractivity contribution in [1.82, 2.24) is 5.32 Å². The Balaban J connectivity index is 1.56. The highest BCUT2D eigenvalue weighted by atomic mass is 79.9. The summed E-state index contributed by atoms with van der Waals surface area (Å²) >= 11 is 3.67. The van der Waals surface area contributed by atoms with Crippen LogP contribution in [-0.2, 0) is 0 Å². The molecule has 2 saturated carbocycles. The van der Waals surface area contributed by atoms with Crippen LogP contribution in [0.5, 0.6) is 0 Å². The van der Waals surface area contributed by atoms with Gasteiger partial charge in [0, 0.05) is 16.6 Å². The fraction of sp³-hybridized carbons (Fsp3) is 0.647. The molecule has 104 valence electrons. The number of hydrogen-bond acceptors (Lipinski definition) is 1. The summed E-state index contributed by atoms with van der Waals surface area (Å²) < 4.78 is 1.27. The van der Waals surface area contributed by atoms with E-state index in [0.29, 0.717) is 22.9 Å². The molecule has 1 aromatic carbocycles. The average Bonchev–Trinajstić information content (AvgIpc) is 2.66. The molecule has 2 aliphatic carbocycles. The summed E-state index contributed by atoms with van der Waals surface area (Å²) in [6.45, 7) is 9.53. The molecule has 1 aromatic rings. The molecule has 2 aliphatic rings. The topological polar surface area (TPSA) is 12.0 Å². The molecule has 0 aliphatic heterocycles. The van der Waals surface area contributed by atoms with Crippen LogP contribution >= 0.6 is 15.9 Å². The van der Waals surface area contributed by atoms with Crippen molar-refractivity contribution < 1.29 is 0 Å². The summed E-state index contributed by atoms with van der Waals surface area (Å²) in [5, 5.41) is 3.87. The van der Waals surface area contributed by atoms with Crippen LogP contribution in [0.1, 0.15) is 52.0 Å². The quantitative estimate of drug-likeness (QED) is 0.849. The van der Waals surface area contributed by atoms with Gasteiger partial charge in [-0.05, 0) is 41.2 Å². The molecule has 2 fully saturated rings. The molecule has 0 spiro atoms. The van der Waals surface area contributed by atoms with Crippen molar-refractivity contribution in [3.8, 4) is 0 Å². The molecule has 0 unspecified atom stereocenters. The molecule has 0 amide bonds. The normalized spacial score (nSPS) is 31.8. The number of benzene rings is 1. The number of hydrogen-bond donors (Lipinski definition) is 1. The van der Waals surface area contributed by atoms with E-state index in [1.165, 1.54) is 22.9 Å². The van der Waals surface area contributed by atoms with Crippen molar-refractivity contribution in [2.75, 3.05) is 0 Å². The van der Waals surface area contributed by atoms with E-state index in [9.17, 15) is 0 Å². The molecule has 0 saturated heterocycles. The summed E-state index contributed by atoms with van der Waals surface area (Å²) in [7, 11) is 0. The number of halogens is 1. The van der Waals surface area contributed by atoms with Gasteiger partial charge in [0.15, 0.2) is 0 Å². The van der Waals surface area contributed by atoms with Crippen molar-refractivity contribution in [3.05, 3.63) is 34.3 Å². The minimum Gasteiger partial charge on any atom is -0.310 e. The highest BCUT2D eigenvalue weighted by Crippen LogP contribution is 2.63. The molecule has 0 bridgehead atoms. The van der Waals surface area contributed by atoms with Crippen molar-refractivity contribution in [1.29, 1.82) is 0 Å². The van der Waals surface area contributed by atoms with Gasteiger partial charge in [-0.25, -0.2) is 0 Å². The van der Waals surface area contributed by atoms with Crippen LogP contribution in [0.4, 0.5) is 0 Å². The fourth-order valence-corrected chi connectivity index (χ4v) is 4.27. The first kappa shape index (κ1) is 13.6. The Hall–Kier alpha value is -0.340. The second kappa shape index (κ2) is 4.33. The maximum absolute atomic E-state index is 3.87. The van der Waals surface area contributed by atoms with E-state index < -0.39 is 0 Å². The van der Waals surface area contributed by atoms with E-state index in [2.05, 4.69) is 73.2 Å². The predicted molar refractivity (Wildman–Crippen MR) is 84.4 cm³/mol. The third-order valence-corrected chi connectivity index (χ3v) is 6.63. The number of rotatable bonds is 3. The van der Waals surface area contributed by atoms with Crippen molar-refractivity contribution in [2.45, 2.75) is 58.5 Å². The van der Waals surface area contributed by atoms with Crippen molar-refractivity contribution >= 4 is 15.9 Å². The molecular weight excluding hydrogens is 298 g/mol. The van der Waals surface area contributed by atoms with Gasteiger partial charge in [-0.15, -0.1) is 0 Å². The molecule has 0 aromatic heterocycles. The molecule has 1 nitrogen and oxygen atoms in total. The van der Waals surface area contributed by atoms with Gasteiger partial charge in [-0.3, -0.25) is 0 Å². The van der Waals surface area contributed by atoms with Crippen LogP contribution in [0.2, 0.25) is 0 Å². The maximum Gasteiger partial charge on any atom is 0.0210 e. The largest absolute Gasteiger partial charge is 0.310 e. The summed E-state index contributed by atoms with van der Waals surface area (Å²) in [5.74, 6) is 0.734. The summed E-state index contributed by atoms with van der Waals surface area (Å²) in [5.41, 5.74) is 2.38. The highest BCUT2D eigenvalue weighted by Gasteiger charge is 2.65. The zero-order chi connectivity index (χ0) is 13.8. The molecule has 0 atom stereocenters. The number of nitrogens with one attached hydrogen (secondary N) is 1. The van der Waals surface area contributed by atoms with Gasteiger partial charge >= 0.3 is 0 Å². The first-order valence-electron chi connectivity index (χ1n) is 7.34. The van der Waals surface area contributed by atoms with E-state index in [0.717, 1.165) is 5.92 Å². The Labute approximate surface area is 125 Å². The Morgan fingerprint density at radius 2 is 1.63 bits per heavy atom. The van der Waals surface area contributed by atoms with Gasteiger partial charge < -0.3 is 5.32 Å². The van der Waals surface area contributed by atoms with E-state index in [4.69, 9.17) is 0 Å². The lowest BCUT2D eigenvalue weighted by Crippen LogP contribution is -2.43. The molecular formula is C17H24BrN. The second-order valence-corrected chi connectivity index (χ2v) is 8.28. The van der Waals surface area contributed by atoms with Gasteiger partial charge in [-0.2, -0.15) is 0 Å². The van der Waals surface area contributed by atoms with E-state index in [1.54, 1.807) is 0 Å². The summed E-state index contributed by atoms with van der Waals surface area (Å²) in [6.07, 6.45) is 2.57. The molecule has 0 heterocycles. The predicted octanol–water partition coefficient (Wildman–Crippen LogP) is 4.72. The minimum atomic E-state index is 0.450. The van der Waals surface area contributed by atoms with Gasteiger partial charge in [0.2, 0.25) is 0 Å². The fourth-order valence-electron chi connectivity index (χ4n) is 3.66. The third kappa shape index (κ3) is 2.08. The van der Waals surface area contributed by atoms with Crippen LogP contribution in [0, 0.1) is 10.8 Å². The summed E-state index contributed by atoms with van der Waals surface area (Å²) in [6, 6.07) is 10.1. The smallest absolute Gasteiger partial charge is 0.0210 e. The SMILES string of the molecule is CC1(C)C(NC2CC(c3ccccc3Br)C2)C1(C)C. The van der Waals surface area contributed by atoms with Crippen LogP contribution in [-0.4, -0.2) is 12.1 Å². The lowest BCUT2D eigenvalue weighted by molar-refractivity contribution is 0.275. The summed E-state index contributed by atoms with van der Waals surface area (Å²) in [4.78, 5) is 0. The Morgan fingerprint density at radius 1 is 1.05 bits per heavy atom. The third-order valence-electron chi connectivity index (χ3n) is 5.91. The van der Waals surface area contributed by atoms with Crippen LogP contribution in [0.3, 0.4) is 0 Å². The molecule has 1 N–H and O–H groups in total. The molecule has 2 heteroatoms. The first-order chi connectivity index (χ1) is 8.84. The Bertz CT molecular complexity index is 472. The second-order valence-electron chi connectivity index (χ2n) is 7.43. The Kier molecular flexibility index (Phi) is 3.10. The van der Waals surface area contributed by atoms with E-state index >= 15 is 0 Å². The highest BCUT2D eigenvalue weighted by molar-refractivity contribution is 9.10. The monoisotopic (exact) mass is 321 g/mol. The lowest BCUT2D eigenvalue weighted by atomic mass is 9.75. The zero-order valence-electron chi connectivity index (χ0n) is 12.3. The van der Waals surface area contributed by atoms with Crippen LogP contribution < -0.4 is 5.32 Å². The average molecular weight is 322 g/mol. The zero-order valence-corrected chi connectivity index (χ0v) is 13.9. The lowest BCUT2D eigenvalue weighted by Gasteiger charge is -2.37. The van der Waals surface area contributed by atoms with Crippen molar-refractivity contribution in [3.63, 3.8) is 0 Å². The van der Waals surface area contributed by atoms with Gasteiger partial charge in [0.05, 0.1) is 0 Å². The molecule has 0 radical (unpaired) electrons. The minimum absolute atomic E-state index is 0.450. The van der Waals surface area contributed by atoms with Crippen LogP contribution in [0.15, 0.2) is 28.7 Å². The Morgan fingerprint density at radius 3 is 2.16 bits per heavy atom. The van der Waals surface area contributed by atoms with Crippen molar-refractivity contribution in [2.24, 2.45) is 10.8 Å². The van der Waals surface area contributed by atoms with Crippen LogP contribution in [0.25, 0.3) is 0 Å². The van der Waals surface area contributed by atoms with Gasteiger partial charge in [-0.1, -0.05) is 61.8 Å². The maximum atomic E-state index is 3.87. The van der Waals surface area contributed by atoms with Gasteiger partial charge in [0.1, 0.15) is 0 Å². The standard InChI is InChI=1S/C17H24BrN/c1-16(2)15(17(16,3)4)19-12-9-11(10-12)13-7-5-6-8-14(13)18/h5-8,11-12,15,19H,9-10H2,1-4H3. The van der Waals surface area contributed by atoms with Gasteiger partial charge in [0.25, 0.3) is 0 Å². The molecule has 19 heavy (non-hydrogen) atoms.